The van der Waals surface area contributed by atoms with Crippen LogP contribution in [0.2, 0.25) is 0 Å². The molecule has 0 rings (SSSR count). The minimum atomic E-state index is 1.32. The van der Waals surface area contributed by atoms with Gasteiger partial charge >= 0.3 is 0 Å². The molecule has 0 radical (unpaired) electrons. The van der Waals surface area contributed by atoms with Crippen molar-refractivity contribution in [3.63, 3.8) is 0 Å². The van der Waals surface area contributed by atoms with Crippen LogP contribution < -0.4 is 0 Å². The van der Waals surface area contributed by atoms with Gasteiger partial charge in [0.25, 0.3) is 0 Å². The van der Waals surface area contributed by atoms with Crippen molar-refractivity contribution in [3.8, 4) is 0 Å². The van der Waals surface area contributed by atoms with E-state index in [0.29, 0.717) is 0 Å². The lowest BCUT2D eigenvalue weighted by Gasteiger charge is -1.91. The van der Waals surface area contributed by atoms with Crippen LogP contribution in [0.25, 0.3) is 0 Å². The summed E-state index contributed by atoms with van der Waals surface area (Å²) in [6, 6.07) is 0. The monoisotopic (exact) mass is 118 g/mol. The van der Waals surface area contributed by atoms with Gasteiger partial charge in [-0.25, -0.2) is 0 Å². The second-order valence-electron chi connectivity index (χ2n) is 1.61. The summed E-state index contributed by atoms with van der Waals surface area (Å²) in [6.07, 6.45) is 2.65. The first-order chi connectivity index (χ1) is 3.41. The predicted molar refractivity (Wildman–Crippen MR) is 37.9 cm³/mol. The molecule has 0 aliphatic rings. The van der Waals surface area contributed by atoms with Gasteiger partial charge in [-0.1, -0.05) is 13.8 Å². The topological polar surface area (TPSA) is 0 Å². The summed E-state index contributed by atoms with van der Waals surface area (Å²) < 4.78 is 0. The summed E-state index contributed by atoms with van der Waals surface area (Å²) >= 11 is 2.05. The Hall–Kier alpha value is 0.350. The summed E-state index contributed by atoms with van der Waals surface area (Å²) in [5, 5.41) is 0. The van der Waals surface area contributed by atoms with Crippen molar-refractivity contribution < 1.29 is 0 Å². The van der Waals surface area contributed by atoms with Crippen LogP contribution in [0, 0.1) is 0 Å². The molecule has 1 heteroatoms. The molecule has 0 heterocycles. The van der Waals surface area contributed by atoms with Crippen LogP contribution in [0.3, 0.4) is 0 Å². The van der Waals surface area contributed by atoms with Crippen molar-refractivity contribution in [2.45, 2.75) is 26.7 Å². The van der Waals surface area contributed by atoms with E-state index in [1.807, 2.05) is 0 Å². The lowest BCUT2D eigenvalue weighted by molar-refractivity contribution is 1.07. The molecule has 0 N–H and O–H groups in total. The Morgan fingerprint density at radius 1 is 1.00 bits per heavy atom. The van der Waals surface area contributed by atoms with E-state index in [4.69, 9.17) is 0 Å². The third-order valence-electron chi connectivity index (χ3n) is 0.697. The van der Waals surface area contributed by atoms with Crippen LogP contribution >= 0.6 is 11.8 Å². The van der Waals surface area contributed by atoms with Crippen LogP contribution in [0.5, 0.6) is 0 Å². The summed E-state index contributed by atoms with van der Waals surface area (Å²) in [7, 11) is 0. The van der Waals surface area contributed by atoms with Gasteiger partial charge < -0.3 is 0 Å². The fraction of sp³-hybridized carbons (Fsp3) is 1.00. The molecule has 0 amide bonds. The standard InChI is InChI=1S/C6H14S/c1-3-5-7-6-4-2/h3-6H2,1-2H3. The Morgan fingerprint density at radius 2 is 1.43 bits per heavy atom. The SMILES string of the molecule is CCCSCCC. The number of rotatable bonds is 4. The van der Waals surface area contributed by atoms with Gasteiger partial charge in [0.2, 0.25) is 0 Å². The highest BCUT2D eigenvalue weighted by atomic mass is 32.2. The summed E-state index contributed by atoms with van der Waals surface area (Å²) in [5.74, 6) is 2.68. The van der Waals surface area contributed by atoms with Crippen LogP contribution in [0.4, 0.5) is 0 Å². The van der Waals surface area contributed by atoms with Gasteiger partial charge in [-0.2, -0.15) is 11.8 Å². The zero-order valence-corrected chi connectivity index (χ0v) is 6.05. The van der Waals surface area contributed by atoms with Gasteiger partial charge in [0, 0.05) is 0 Å². The smallest absolute Gasteiger partial charge is 0.00702 e. The van der Waals surface area contributed by atoms with Gasteiger partial charge in [-0.3, -0.25) is 0 Å². The van der Waals surface area contributed by atoms with Crippen LogP contribution in [0.15, 0.2) is 0 Å². The van der Waals surface area contributed by atoms with Gasteiger partial charge in [-0.15, -0.1) is 0 Å². The molecular weight excluding hydrogens is 104 g/mol. The molecular formula is C6H14S. The Labute approximate surface area is 50.7 Å². The average Bonchev–Trinajstić information content (AvgIpc) is 1.69. The first-order valence-corrected chi connectivity index (χ1v) is 4.15. The Kier molecular flexibility index (Phi) is 6.67. The molecule has 0 unspecified atom stereocenters. The number of thioether (sulfide) groups is 1. The van der Waals surface area contributed by atoms with Crippen molar-refractivity contribution in [1.29, 1.82) is 0 Å². The molecule has 0 aliphatic carbocycles. The van der Waals surface area contributed by atoms with Crippen molar-refractivity contribution in [2.75, 3.05) is 11.5 Å². The quantitative estimate of drug-likeness (QED) is 0.511. The fourth-order valence-electron chi connectivity index (χ4n) is 0.391. The highest BCUT2D eigenvalue weighted by Gasteiger charge is 1.79. The number of hydrogen-bond donors (Lipinski definition) is 0. The zero-order valence-electron chi connectivity index (χ0n) is 5.24. The maximum Gasteiger partial charge on any atom is -0.00702 e. The minimum Gasteiger partial charge on any atom is -0.162 e. The van der Waals surface area contributed by atoms with Crippen molar-refractivity contribution >= 4 is 11.8 Å². The van der Waals surface area contributed by atoms with Crippen LogP contribution in [-0.2, 0) is 0 Å². The first kappa shape index (κ1) is 7.35. The van der Waals surface area contributed by atoms with Crippen molar-refractivity contribution in [2.24, 2.45) is 0 Å². The number of hydrogen-bond acceptors (Lipinski definition) is 1. The molecule has 0 atom stereocenters. The molecule has 0 fully saturated rings. The van der Waals surface area contributed by atoms with E-state index in [0.717, 1.165) is 0 Å². The van der Waals surface area contributed by atoms with Gasteiger partial charge in [-0.05, 0) is 24.3 Å². The second kappa shape index (κ2) is 6.35. The Balaban J connectivity index is 2.45. The first-order valence-electron chi connectivity index (χ1n) is 2.99. The summed E-state index contributed by atoms with van der Waals surface area (Å²) in [5.41, 5.74) is 0. The molecule has 0 bridgehead atoms. The predicted octanol–water partition coefficient (Wildman–Crippen LogP) is 2.54. The van der Waals surface area contributed by atoms with Crippen molar-refractivity contribution in [1.82, 2.24) is 0 Å². The minimum absolute atomic E-state index is 1.32. The van der Waals surface area contributed by atoms with E-state index in [1.165, 1.54) is 24.3 Å². The molecule has 7 heavy (non-hydrogen) atoms. The zero-order chi connectivity index (χ0) is 5.54. The molecule has 0 spiro atoms. The molecule has 44 valence electrons. The summed E-state index contributed by atoms with van der Waals surface area (Å²) in [6.45, 7) is 4.45. The molecule has 0 aromatic carbocycles. The Bertz CT molecular complexity index is 23.4. The summed E-state index contributed by atoms with van der Waals surface area (Å²) in [4.78, 5) is 0. The molecule has 0 nitrogen and oxygen atoms in total. The second-order valence-corrected chi connectivity index (χ2v) is 2.84. The van der Waals surface area contributed by atoms with E-state index in [1.54, 1.807) is 0 Å². The third-order valence-corrected chi connectivity index (χ3v) is 2.09. The lowest BCUT2D eigenvalue weighted by Crippen LogP contribution is -1.76. The third kappa shape index (κ3) is 6.35. The largest absolute Gasteiger partial charge is 0.162 e. The molecule has 0 saturated heterocycles. The van der Waals surface area contributed by atoms with E-state index in [9.17, 15) is 0 Å². The average molecular weight is 118 g/mol. The van der Waals surface area contributed by atoms with Gasteiger partial charge in [0.05, 0.1) is 0 Å². The van der Waals surface area contributed by atoms with E-state index < -0.39 is 0 Å². The van der Waals surface area contributed by atoms with Gasteiger partial charge in [0.1, 0.15) is 0 Å². The molecule has 0 aromatic heterocycles. The van der Waals surface area contributed by atoms with E-state index in [-0.39, 0.29) is 0 Å². The van der Waals surface area contributed by atoms with E-state index >= 15 is 0 Å². The molecule has 0 saturated carbocycles. The van der Waals surface area contributed by atoms with Crippen LogP contribution in [-0.4, -0.2) is 11.5 Å². The maximum atomic E-state index is 2.22. The van der Waals surface area contributed by atoms with Crippen LogP contribution in [0.1, 0.15) is 26.7 Å². The van der Waals surface area contributed by atoms with Crippen molar-refractivity contribution in [3.05, 3.63) is 0 Å². The normalized spacial score (nSPS) is 9.43. The molecule has 0 aromatic rings. The Morgan fingerprint density at radius 3 is 1.71 bits per heavy atom. The fourth-order valence-corrected chi connectivity index (χ4v) is 1.17. The highest BCUT2D eigenvalue weighted by molar-refractivity contribution is 7.99. The lowest BCUT2D eigenvalue weighted by atomic mass is 10.6. The maximum absolute atomic E-state index is 2.22. The highest BCUT2D eigenvalue weighted by Crippen LogP contribution is 2.02. The molecule has 0 aliphatic heterocycles. The van der Waals surface area contributed by atoms with E-state index in [2.05, 4.69) is 25.6 Å². The van der Waals surface area contributed by atoms with Gasteiger partial charge in [0.15, 0.2) is 0 Å².